The molecule has 0 aliphatic carbocycles. The molecular formula is C15H16N2O2S. The van der Waals surface area contributed by atoms with Gasteiger partial charge in [-0.2, -0.15) is 0 Å². The van der Waals surface area contributed by atoms with Crippen LogP contribution in [0.1, 0.15) is 13.3 Å². The van der Waals surface area contributed by atoms with E-state index in [1.54, 1.807) is 17.5 Å². The molecule has 1 aromatic carbocycles. The van der Waals surface area contributed by atoms with E-state index in [0.29, 0.717) is 6.61 Å². The van der Waals surface area contributed by atoms with E-state index in [4.69, 9.17) is 4.74 Å². The minimum Gasteiger partial charge on any atom is -0.368 e. The van der Waals surface area contributed by atoms with Crippen molar-refractivity contribution in [3.05, 3.63) is 35.8 Å². The van der Waals surface area contributed by atoms with Crippen LogP contribution in [-0.2, 0) is 9.53 Å². The maximum absolute atomic E-state index is 12.2. The van der Waals surface area contributed by atoms with Gasteiger partial charge in [0.2, 0.25) is 0 Å². The lowest BCUT2D eigenvalue weighted by atomic mass is 10.0. The quantitative estimate of drug-likeness (QED) is 0.943. The van der Waals surface area contributed by atoms with Crippen molar-refractivity contribution < 1.29 is 9.53 Å². The number of amides is 1. The number of thiazole rings is 1. The number of carbonyl (C=O) groups is 1. The summed E-state index contributed by atoms with van der Waals surface area (Å²) >= 11 is 1.58. The molecule has 0 saturated carbocycles. The first-order valence-electron chi connectivity index (χ1n) is 6.66. The van der Waals surface area contributed by atoms with E-state index in [0.717, 1.165) is 22.7 Å². The smallest absolute Gasteiger partial charge is 0.253 e. The first-order chi connectivity index (χ1) is 9.74. The van der Waals surface area contributed by atoms with Crippen molar-refractivity contribution in [2.24, 2.45) is 5.92 Å². The molecule has 2 heterocycles. The standard InChI is InChI=1S/C15H16N2O2S/c1-10-5-7-19-13(10)14(18)17-12-4-2-3-11(9-12)15-16-6-8-20-15/h2-4,6,8-10,13H,5,7H2,1H3,(H,17,18)/t10-,13+/m1/s1. The summed E-state index contributed by atoms with van der Waals surface area (Å²) in [6, 6.07) is 7.74. The summed E-state index contributed by atoms with van der Waals surface area (Å²) in [5, 5.41) is 5.82. The van der Waals surface area contributed by atoms with E-state index >= 15 is 0 Å². The second-order valence-corrected chi connectivity index (χ2v) is 5.86. The summed E-state index contributed by atoms with van der Waals surface area (Å²) in [4.78, 5) is 16.5. The number of carbonyl (C=O) groups excluding carboxylic acids is 1. The van der Waals surface area contributed by atoms with Crippen LogP contribution in [0.3, 0.4) is 0 Å². The molecule has 2 atom stereocenters. The lowest BCUT2D eigenvalue weighted by molar-refractivity contribution is -0.126. The van der Waals surface area contributed by atoms with Gasteiger partial charge in [-0.1, -0.05) is 19.1 Å². The topological polar surface area (TPSA) is 51.2 Å². The molecule has 2 aromatic rings. The normalized spacial score (nSPS) is 21.9. The average Bonchev–Trinajstić information content (AvgIpc) is 3.09. The molecule has 1 amide bonds. The van der Waals surface area contributed by atoms with Crippen LogP contribution in [0.2, 0.25) is 0 Å². The molecular weight excluding hydrogens is 272 g/mol. The maximum Gasteiger partial charge on any atom is 0.253 e. The lowest BCUT2D eigenvalue weighted by Gasteiger charge is -2.14. The number of hydrogen-bond donors (Lipinski definition) is 1. The van der Waals surface area contributed by atoms with Crippen molar-refractivity contribution in [2.45, 2.75) is 19.4 Å². The molecule has 1 N–H and O–H groups in total. The Labute approximate surface area is 121 Å². The SMILES string of the molecule is C[C@@H]1CCO[C@@H]1C(=O)Nc1cccc(-c2nccs2)c1. The van der Waals surface area contributed by atoms with E-state index in [1.165, 1.54) is 0 Å². The summed E-state index contributed by atoms with van der Waals surface area (Å²) in [7, 11) is 0. The summed E-state index contributed by atoms with van der Waals surface area (Å²) < 4.78 is 5.48. The van der Waals surface area contributed by atoms with E-state index in [1.807, 2.05) is 36.6 Å². The third-order valence-electron chi connectivity index (χ3n) is 3.46. The number of ether oxygens (including phenoxy) is 1. The number of rotatable bonds is 3. The van der Waals surface area contributed by atoms with Gasteiger partial charge in [-0.05, 0) is 24.5 Å². The fourth-order valence-electron chi connectivity index (χ4n) is 2.34. The summed E-state index contributed by atoms with van der Waals surface area (Å²) in [5.74, 6) is 0.212. The predicted octanol–water partition coefficient (Wildman–Crippen LogP) is 3.17. The van der Waals surface area contributed by atoms with Crippen LogP contribution in [-0.4, -0.2) is 23.6 Å². The van der Waals surface area contributed by atoms with Crippen LogP contribution >= 0.6 is 11.3 Å². The Morgan fingerprint density at radius 2 is 2.40 bits per heavy atom. The molecule has 1 saturated heterocycles. The van der Waals surface area contributed by atoms with Gasteiger partial charge in [0.25, 0.3) is 5.91 Å². The lowest BCUT2D eigenvalue weighted by Crippen LogP contribution is -2.31. The van der Waals surface area contributed by atoms with E-state index in [-0.39, 0.29) is 17.9 Å². The highest BCUT2D eigenvalue weighted by molar-refractivity contribution is 7.13. The van der Waals surface area contributed by atoms with Gasteiger partial charge in [0.15, 0.2) is 0 Å². The highest BCUT2D eigenvalue weighted by Gasteiger charge is 2.30. The maximum atomic E-state index is 12.2. The van der Waals surface area contributed by atoms with Crippen molar-refractivity contribution in [3.63, 3.8) is 0 Å². The molecule has 1 aliphatic heterocycles. The summed E-state index contributed by atoms with van der Waals surface area (Å²) in [5.41, 5.74) is 1.79. The monoisotopic (exact) mass is 288 g/mol. The number of nitrogens with one attached hydrogen (secondary N) is 1. The zero-order valence-electron chi connectivity index (χ0n) is 11.2. The first-order valence-corrected chi connectivity index (χ1v) is 7.54. The fraction of sp³-hybridized carbons (Fsp3) is 0.333. The average molecular weight is 288 g/mol. The zero-order valence-corrected chi connectivity index (χ0v) is 12.0. The Kier molecular flexibility index (Phi) is 3.80. The van der Waals surface area contributed by atoms with Gasteiger partial charge in [-0.15, -0.1) is 11.3 Å². The number of hydrogen-bond acceptors (Lipinski definition) is 4. The Morgan fingerprint density at radius 1 is 1.50 bits per heavy atom. The highest BCUT2D eigenvalue weighted by atomic mass is 32.1. The first kappa shape index (κ1) is 13.3. The number of benzene rings is 1. The van der Waals surface area contributed by atoms with Gasteiger partial charge in [-0.3, -0.25) is 4.79 Å². The van der Waals surface area contributed by atoms with Crippen LogP contribution in [0.5, 0.6) is 0 Å². The second-order valence-electron chi connectivity index (χ2n) is 4.96. The zero-order chi connectivity index (χ0) is 13.9. The largest absolute Gasteiger partial charge is 0.368 e. The van der Waals surface area contributed by atoms with Gasteiger partial charge >= 0.3 is 0 Å². The minimum absolute atomic E-state index is 0.0636. The second kappa shape index (κ2) is 5.73. The van der Waals surface area contributed by atoms with Crippen LogP contribution in [0, 0.1) is 5.92 Å². The molecule has 0 radical (unpaired) electrons. The number of nitrogens with zero attached hydrogens (tertiary/aromatic N) is 1. The predicted molar refractivity (Wildman–Crippen MR) is 79.7 cm³/mol. The fourth-order valence-corrected chi connectivity index (χ4v) is 2.98. The van der Waals surface area contributed by atoms with Crippen LogP contribution in [0.25, 0.3) is 10.6 Å². The van der Waals surface area contributed by atoms with Crippen LogP contribution in [0.4, 0.5) is 5.69 Å². The molecule has 20 heavy (non-hydrogen) atoms. The van der Waals surface area contributed by atoms with E-state index in [9.17, 15) is 4.79 Å². The van der Waals surface area contributed by atoms with Gasteiger partial charge < -0.3 is 10.1 Å². The molecule has 3 rings (SSSR count). The number of anilines is 1. The van der Waals surface area contributed by atoms with Gasteiger partial charge in [-0.25, -0.2) is 4.98 Å². The van der Waals surface area contributed by atoms with Crippen molar-refractivity contribution >= 4 is 22.9 Å². The Balaban J connectivity index is 1.74. The molecule has 0 unspecified atom stereocenters. The Bertz CT molecular complexity index is 598. The summed E-state index contributed by atoms with van der Waals surface area (Å²) in [6.45, 7) is 2.71. The Hall–Kier alpha value is -1.72. The van der Waals surface area contributed by atoms with Crippen molar-refractivity contribution in [2.75, 3.05) is 11.9 Å². The molecule has 1 aliphatic rings. The highest BCUT2D eigenvalue weighted by Crippen LogP contribution is 2.26. The molecule has 0 spiro atoms. The van der Waals surface area contributed by atoms with Crippen molar-refractivity contribution in [1.29, 1.82) is 0 Å². The molecule has 1 aromatic heterocycles. The minimum atomic E-state index is -0.335. The summed E-state index contributed by atoms with van der Waals surface area (Å²) in [6.07, 6.45) is 2.38. The van der Waals surface area contributed by atoms with Gasteiger partial charge in [0.05, 0.1) is 0 Å². The van der Waals surface area contributed by atoms with Crippen LogP contribution < -0.4 is 5.32 Å². The van der Waals surface area contributed by atoms with Crippen molar-refractivity contribution in [3.8, 4) is 10.6 Å². The van der Waals surface area contributed by atoms with Crippen molar-refractivity contribution in [1.82, 2.24) is 4.98 Å². The third kappa shape index (κ3) is 2.73. The van der Waals surface area contributed by atoms with Gasteiger partial charge in [0.1, 0.15) is 11.1 Å². The van der Waals surface area contributed by atoms with E-state index < -0.39 is 0 Å². The molecule has 1 fully saturated rings. The number of aromatic nitrogens is 1. The molecule has 104 valence electrons. The molecule has 4 nitrogen and oxygen atoms in total. The molecule has 5 heteroatoms. The molecule has 0 bridgehead atoms. The Morgan fingerprint density at radius 3 is 3.10 bits per heavy atom. The van der Waals surface area contributed by atoms with E-state index in [2.05, 4.69) is 10.3 Å². The third-order valence-corrected chi connectivity index (χ3v) is 4.28. The van der Waals surface area contributed by atoms with Gasteiger partial charge in [0, 0.05) is 29.4 Å². The van der Waals surface area contributed by atoms with Crippen LogP contribution in [0.15, 0.2) is 35.8 Å².